The van der Waals surface area contributed by atoms with Crippen LogP contribution in [-0.2, 0) is 19.4 Å². The second-order valence-corrected chi connectivity index (χ2v) is 10.6. The highest BCUT2D eigenvalue weighted by Crippen LogP contribution is 2.34. The van der Waals surface area contributed by atoms with Gasteiger partial charge in [-0.3, -0.25) is 9.59 Å². The molecule has 6 N–H and O–H groups in total. The predicted molar refractivity (Wildman–Crippen MR) is 118 cm³/mol. The SMILES string of the molecule is CC(C)(C)OC(=O)C1CCN(c2cc(C#N)c(C(=O)N=C(N)N)cc2S(C)(=O)=O)C(N)C1. The van der Waals surface area contributed by atoms with Crippen molar-refractivity contribution in [2.24, 2.45) is 28.1 Å². The Hall–Kier alpha value is -3.17. The highest BCUT2D eigenvalue weighted by molar-refractivity contribution is 7.90. The smallest absolute Gasteiger partial charge is 0.309 e. The van der Waals surface area contributed by atoms with Crippen LogP contribution in [0.15, 0.2) is 22.0 Å². The molecule has 0 radical (unpaired) electrons. The maximum absolute atomic E-state index is 12.5. The lowest BCUT2D eigenvalue weighted by Gasteiger charge is -2.39. The van der Waals surface area contributed by atoms with Crippen LogP contribution in [0.5, 0.6) is 0 Å². The van der Waals surface area contributed by atoms with Gasteiger partial charge in [-0.05, 0) is 45.7 Å². The number of nitriles is 1. The van der Waals surface area contributed by atoms with Crippen LogP contribution in [0.1, 0.15) is 49.5 Å². The number of hydrogen-bond donors (Lipinski definition) is 3. The van der Waals surface area contributed by atoms with Gasteiger partial charge in [0.1, 0.15) is 11.7 Å². The first kappa shape index (κ1) is 25.1. The molecule has 11 nitrogen and oxygen atoms in total. The van der Waals surface area contributed by atoms with Gasteiger partial charge in [0.25, 0.3) is 5.91 Å². The van der Waals surface area contributed by atoms with Crippen LogP contribution in [0.3, 0.4) is 0 Å². The minimum atomic E-state index is -3.83. The average molecular weight is 465 g/mol. The molecule has 1 saturated heterocycles. The molecule has 2 rings (SSSR count). The Kier molecular flexibility index (Phi) is 7.16. The number of rotatable bonds is 4. The monoisotopic (exact) mass is 464 g/mol. The van der Waals surface area contributed by atoms with Gasteiger partial charge in [-0.15, -0.1) is 0 Å². The van der Waals surface area contributed by atoms with E-state index in [4.69, 9.17) is 21.9 Å². The average Bonchev–Trinajstić information content (AvgIpc) is 2.64. The number of carbonyl (C=O) groups excluding carboxylic acids is 2. The first-order valence-corrected chi connectivity index (χ1v) is 11.7. The van der Waals surface area contributed by atoms with Gasteiger partial charge in [0.15, 0.2) is 15.8 Å². The number of aliphatic imine (C=N–C) groups is 1. The number of hydrogen-bond acceptors (Lipinski definition) is 8. The van der Waals surface area contributed by atoms with Gasteiger partial charge in [-0.1, -0.05) is 0 Å². The number of piperidine rings is 1. The van der Waals surface area contributed by atoms with E-state index in [2.05, 4.69) is 4.99 Å². The Labute approximate surface area is 187 Å². The summed E-state index contributed by atoms with van der Waals surface area (Å²) in [5.74, 6) is -2.27. The summed E-state index contributed by atoms with van der Waals surface area (Å²) in [6, 6.07) is 4.22. The fourth-order valence-electron chi connectivity index (χ4n) is 3.43. The molecule has 0 bridgehead atoms. The Balaban J connectivity index is 2.47. The molecule has 0 aromatic heterocycles. The van der Waals surface area contributed by atoms with E-state index in [0.29, 0.717) is 6.42 Å². The standard InChI is InChI=1S/C20H28N6O5S/c1-20(2,3)31-18(28)11-5-6-26(16(22)8-11)14-7-12(10-21)13(17(27)25-19(23)24)9-15(14)32(4,29)30/h7,9,11,16H,5-6,8,22H2,1-4H3,(H4,23,24,25,27). The van der Waals surface area contributed by atoms with Crippen LogP contribution in [0.25, 0.3) is 0 Å². The topological polar surface area (TPSA) is 195 Å². The number of nitrogens with two attached hydrogens (primary N) is 3. The summed E-state index contributed by atoms with van der Waals surface area (Å²) in [5, 5.41) is 9.53. The van der Waals surface area contributed by atoms with Crippen LogP contribution in [0.2, 0.25) is 0 Å². The van der Waals surface area contributed by atoms with Crippen molar-refractivity contribution in [3.8, 4) is 6.07 Å². The summed E-state index contributed by atoms with van der Waals surface area (Å²) in [6.45, 7) is 5.56. The van der Waals surface area contributed by atoms with Crippen molar-refractivity contribution >= 4 is 33.4 Å². The quantitative estimate of drug-likeness (QED) is 0.315. The van der Waals surface area contributed by atoms with Gasteiger partial charge in [-0.2, -0.15) is 10.3 Å². The Bertz CT molecular complexity index is 1100. The number of esters is 1. The second kappa shape index (κ2) is 9.13. The van der Waals surface area contributed by atoms with E-state index >= 15 is 0 Å². The highest BCUT2D eigenvalue weighted by atomic mass is 32.2. The van der Waals surface area contributed by atoms with Gasteiger partial charge >= 0.3 is 5.97 Å². The highest BCUT2D eigenvalue weighted by Gasteiger charge is 2.35. The molecule has 1 fully saturated rings. The predicted octanol–water partition coefficient (Wildman–Crippen LogP) is 0.218. The van der Waals surface area contributed by atoms with Crippen LogP contribution in [-0.4, -0.2) is 50.8 Å². The summed E-state index contributed by atoms with van der Waals surface area (Å²) in [7, 11) is -3.83. The minimum Gasteiger partial charge on any atom is -0.460 e. The van der Waals surface area contributed by atoms with Crippen LogP contribution >= 0.6 is 0 Å². The molecule has 32 heavy (non-hydrogen) atoms. The Morgan fingerprint density at radius 1 is 1.28 bits per heavy atom. The molecule has 2 unspecified atom stereocenters. The third-order valence-electron chi connectivity index (χ3n) is 4.77. The summed E-state index contributed by atoms with van der Waals surface area (Å²) in [6.07, 6.45) is 0.871. The molecular weight excluding hydrogens is 436 g/mol. The molecule has 0 aliphatic carbocycles. The van der Waals surface area contributed by atoms with Gasteiger partial charge in [-0.25, -0.2) is 8.42 Å². The van der Waals surface area contributed by atoms with E-state index in [9.17, 15) is 23.3 Å². The number of amides is 1. The van der Waals surface area contributed by atoms with Gasteiger partial charge in [0, 0.05) is 12.8 Å². The summed E-state index contributed by atoms with van der Waals surface area (Å²) in [4.78, 5) is 29.5. The molecule has 2 atom stereocenters. The summed E-state index contributed by atoms with van der Waals surface area (Å²) >= 11 is 0. The zero-order chi connectivity index (χ0) is 24.4. The fraction of sp³-hybridized carbons (Fsp3) is 0.500. The van der Waals surface area contributed by atoms with Crippen molar-refractivity contribution in [3.05, 3.63) is 23.3 Å². The van der Waals surface area contributed by atoms with E-state index in [1.54, 1.807) is 25.7 Å². The Morgan fingerprint density at radius 2 is 1.91 bits per heavy atom. The van der Waals surface area contributed by atoms with Gasteiger partial charge in [0.05, 0.1) is 33.8 Å². The van der Waals surface area contributed by atoms with Crippen molar-refractivity contribution in [2.45, 2.75) is 50.3 Å². The zero-order valence-electron chi connectivity index (χ0n) is 18.5. The molecule has 0 saturated carbocycles. The molecule has 1 heterocycles. The fourth-order valence-corrected chi connectivity index (χ4v) is 4.32. The van der Waals surface area contributed by atoms with Gasteiger partial charge < -0.3 is 26.8 Å². The number of anilines is 1. The molecule has 1 amide bonds. The lowest BCUT2D eigenvalue weighted by molar-refractivity contribution is -0.161. The van der Waals surface area contributed by atoms with E-state index < -0.39 is 39.4 Å². The third kappa shape index (κ3) is 5.95. The molecule has 174 valence electrons. The first-order chi connectivity index (χ1) is 14.6. The van der Waals surface area contributed by atoms with E-state index in [0.717, 1.165) is 12.3 Å². The largest absolute Gasteiger partial charge is 0.460 e. The number of benzene rings is 1. The van der Waals surface area contributed by atoms with Crippen LogP contribution in [0.4, 0.5) is 5.69 Å². The lowest BCUT2D eigenvalue weighted by Crippen LogP contribution is -2.50. The number of carbonyl (C=O) groups is 2. The number of ether oxygens (including phenoxy) is 1. The van der Waals surface area contributed by atoms with Crippen LogP contribution < -0.4 is 22.1 Å². The molecule has 0 spiro atoms. The molecule has 1 aliphatic heterocycles. The normalized spacial score (nSPS) is 19.1. The summed E-state index contributed by atoms with van der Waals surface area (Å²) < 4.78 is 30.4. The third-order valence-corrected chi connectivity index (χ3v) is 5.90. The maximum Gasteiger partial charge on any atom is 0.309 e. The minimum absolute atomic E-state index is 0.108. The molecule has 1 aromatic rings. The Morgan fingerprint density at radius 3 is 2.38 bits per heavy atom. The lowest BCUT2D eigenvalue weighted by atomic mass is 9.93. The summed E-state index contributed by atoms with van der Waals surface area (Å²) in [5.41, 5.74) is 15.9. The second-order valence-electron chi connectivity index (χ2n) is 8.61. The van der Waals surface area contributed by atoms with Crippen molar-refractivity contribution in [1.82, 2.24) is 0 Å². The zero-order valence-corrected chi connectivity index (χ0v) is 19.3. The molecular formula is C20H28N6O5S. The first-order valence-electron chi connectivity index (χ1n) is 9.81. The number of guanidine groups is 1. The maximum atomic E-state index is 12.5. The molecule has 1 aromatic carbocycles. The van der Waals surface area contributed by atoms with Crippen molar-refractivity contribution in [2.75, 3.05) is 17.7 Å². The van der Waals surface area contributed by atoms with Crippen LogP contribution in [0, 0.1) is 17.2 Å². The number of nitrogens with zero attached hydrogens (tertiary/aromatic N) is 3. The molecule has 12 heteroatoms. The van der Waals surface area contributed by atoms with E-state index in [1.165, 1.54) is 6.07 Å². The number of sulfone groups is 1. The van der Waals surface area contributed by atoms with Gasteiger partial charge in [0.2, 0.25) is 0 Å². The van der Waals surface area contributed by atoms with E-state index in [1.807, 2.05) is 6.07 Å². The van der Waals surface area contributed by atoms with E-state index in [-0.39, 0.29) is 40.6 Å². The van der Waals surface area contributed by atoms with Crippen molar-refractivity contribution in [1.29, 1.82) is 5.26 Å². The van der Waals surface area contributed by atoms with Crippen molar-refractivity contribution < 1.29 is 22.7 Å². The molecule has 1 aliphatic rings. The van der Waals surface area contributed by atoms with Crippen molar-refractivity contribution in [3.63, 3.8) is 0 Å².